The molecule has 1 fully saturated rings. The summed E-state index contributed by atoms with van der Waals surface area (Å²) < 4.78 is 17.1. The van der Waals surface area contributed by atoms with E-state index in [0.717, 1.165) is 0 Å². The summed E-state index contributed by atoms with van der Waals surface area (Å²) in [5, 5.41) is 4.02. The van der Waals surface area contributed by atoms with Crippen LogP contribution in [-0.2, 0) is 11.4 Å². The Morgan fingerprint density at radius 1 is 1.06 bits per heavy atom. The van der Waals surface area contributed by atoms with E-state index in [0.29, 0.717) is 45.4 Å². The van der Waals surface area contributed by atoms with E-state index in [1.54, 1.807) is 48.5 Å². The Morgan fingerprint density at radius 2 is 1.81 bits per heavy atom. The number of halogens is 2. The molecule has 0 aliphatic carbocycles. The van der Waals surface area contributed by atoms with Crippen molar-refractivity contribution in [1.29, 1.82) is 0 Å². The van der Waals surface area contributed by atoms with Crippen molar-refractivity contribution in [3.05, 3.63) is 81.9 Å². The third kappa shape index (κ3) is 4.60. The van der Waals surface area contributed by atoms with E-state index in [-0.39, 0.29) is 23.3 Å². The van der Waals surface area contributed by atoms with Crippen molar-refractivity contribution < 1.29 is 18.7 Å². The molecule has 1 aliphatic heterocycles. The molecule has 2 heterocycles. The second-order valence-corrected chi connectivity index (χ2v) is 7.87. The molecule has 1 saturated heterocycles. The molecule has 1 aliphatic rings. The van der Waals surface area contributed by atoms with Crippen molar-refractivity contribution in [2.75, 3.05) is 11.5 Å². The number of para-hydroxylation sites is 3. The topological polar surface area (TPSA) is 63.9 Å². The Hall–Kier alpha value is -3.00. The van der Waals surface area contributed by atoms with Crippen LogP contribution in [0.3, 0.4) is 0 Å². The lowest BCUT2D eigenvalue weighted by atomic mass is 10.2. The largest absolute Gasteiger partial charge is 0.492 e. The lowest BCUT2D eigenvalue weighted by Gasteiger charge is -2.17. The summed E-state index contributed by atoms with van der Waals surface area (Å²) in [4.78, 5) is 14.4. The third-order valence-electron chi connectivity index (χ3n) is 4.53. The fourth-order valence-electron chi connectivity index (χ4n) is 3.13. The van der Waals surface area contributed by atoms with Crippen LogP contribution in [0.25, 0.3) is 6.08 Å². The Labute approximate surface area is 200 Å². The lowest BCUT2D eigenvalue weighted by Crippen LogP contribution is -2.30. The van der Waals surface area contributed by atoms with Crippen molar-refractivity contribution in [1.82, 2.24) is 5.32 Å². The van der Waals surface area contributed by atoms with E-state index < -0.39 is 0 Å². The molecule has 0 radical (unpaired) electrons. The predicted octanol–water partition coefficient (Wildman–Crippen LogP) is 5.83. The first kappa shape index (κ1) is 22.2. The van der Waals surface area contributed by atoms with Crippen LogP contribution in [0.5, 0.6) is 11.5 Å². The zero-order valence-electron chi connectivity index (χ0n) is 16.9. The Balaban J connectivity index is 1.50. The summed E-state index contributed by atoms with van der Waals surface area (Å²) in [6.45, 7) is 2.47. The molecule has 3 aromatic rings. The zero-order valence-corrected chi connectivity index (χ0v) is 19.3. The molecule has 0 spiro atoms. The van der Waals surface area contributed by atoms with E-state index in [1.165, 1.54) is 4.90 Å². The maximum Gasteiger partial charge on any atom is 0.281 e. The highest BCUT2D eigenvalue weighted by molar-refractivity contribution is 7.80. The first-order valence-electron chi connectivity index (χ1n) is 9.72. The number of amides is 1. The number of benzene rings is 2. The molecule has 1 amide bonds. The molecule has 4 rings (SSSR count). The quantitative estimate of drug-likeness (QED) is 0.333. The van der Waals surface area contributed by atoms with E-state index in [9.17, 15) is 4.79 Å². The number of carbonyl (C=O) groups is 1. The normalized spacial score (nSPS) is 14.7. The lowest BCUT2D eigenvalue weighted by molar-refractivity contribution is -0.113. The number of hydrogen-bond donors (Lipinski definition) is 1. The molecule has 1 aromatic heterocycles. The number of hydrogen-bond acceptors (Lipinski definition) is 5. The summed E-state index contributed by atoms with van der Waals surface area (Å²) >= 11 is 17.6. The Bertz CT molecular complexity index is 1190. The van der Waals surface area contributed by atoms with Gasteiger partial charge in [0.1, 0.15) is 29.6 Å². The van der Waals surface area contributed by atoms with Gasteiger partial charge in [0.25, 0.3) is 5.91 Å². The van der Waals surface area contributed by atoms with Gasteiger partial charge in [-0.1, -0.05) is 41.4 Å². The molecule has 9 heteroatoms. The molecule has 0 saturated carbocycles. The van der Waals surface area contributed by atoms with Crippen molar-refractivity contribution in [2.24, 2.45) is 0 Å². The summed E-state index contributed by atoms with van der Waals surface area (Å²) in [6, 6.07) is 15.8. The Morgan fingerprint density at radius 3 is 2.56 bits per heavy atom. The van der Waals surface area contributed by atoms with Gasteiger partial charge < -0.3 is 19.2 Å². The van der Waals surface area contributed by atoms with E-state index in [1.807, 2.05) is 19.1 Å². The van der Waals surface area contributed by atoms with Crippen LogP contribution in [0.4, 0.5) is 5.69 Å². The number of rotatable bonds is 7. The van der Waals surface area contributed by atoms with Gasteiger partial charge in [0, 0.05) is 6.08 Å². The predicted molar refractivity (Wildman–Crippen MR) is 128 cm³/mol. The maximum absolute atomic E-state index is 13.0. The number of carbonyl (C=O) groups excluding carboxylic acids is 1. The number of ether oxygens (including phenoxy) is 2. The fourth-order valence-corrected chi connectivity index (χ4v) is 3.93. The molecule has 0 atom stereocenters. The smallest absolute Gasteiger partial charge is 0.281 e. The van der Waals surface area contributed by atoms with Crippen LogP contribution in [-0.4, -0.2) is 17.6 Å². The van der Waals surface area contributed by atoms with Gasteiger partial charge in [0.05, 0.1) is 22.3 Å². The first-order chi connectivity index (χ1) is 15.5. The van der Waals surface area contributed by atoms with Crippen LogP contribution in [0, 0.1) is 0 Å². The van der Waals surface area contributed by atoms with Gasteiger partial charge in [-0.2, -0.15) is 0 Å². The van der Waals surface area contributed by atoms with Crippen LogP contribution in [0.2, 0.25) is 10.0 Å². The summed E-state index contributed by atoms with van der Waals surface area (Å²) in [7, 11) is 0. The third-order valence-corrected chi connectivity index (χ3v) is 5.41. The van der Waals surface area contributed by atoms with Gasteiger partial charge in [-0.3, -0.25) is 4.79 Å². The highest BCUT2D eigenvalue weighted by Gasteiger charge is 2.34. The average Bonchev–Trinajstić information content (AvgIpc) is 3.32. The summed E-state index contributed by atoms with van der Waals surface area (Å²) in [5.41, 5.74) is 0.864. The van der Waals surface area contributed by atoms with Gasteiger partial charge in [0.2, 0.25) is 0 Å². The van der Waals surface area contributed by atoms with Gasteiger partial charge >= 0.3 is 0 Å². The molecule has 2 aromatic carbocycles. The minimum Gasteiger partial charge on any atom is -0.492 e. The van der Waals surface area contributed by atoms with E-state index in [4.69, 9.17) is 49.3 Å². The molecule has 6 nitrogen and oxygen atoms in total. The van der Waals surface area contributed by atoms with Crippen molar-refractivity contribution in [3.63, 3.8) is 0 Å². The van der Waals surface area contributed by atoms with Crippen molar-refractivity contribution >= 4 is 58.2 Å². The minimum atomic E-state index is -0.306. The van der Waals surface area contributed by atoms with Gasteiger partial charge in [-0.15, -0.1) is 0 Å². The molecule has 0 bridgehead atoms. The highest BCUT2D eigenvalue weighted by Crippen LogP contribution is 2.34. The molecule has 0 unspecified atom stereocenters. The van der Waals surface area contributed by atoms with Gasteiger partial charge in [-0.25, -0.2) is 4.90 Å². The fraction of sp³-hybridized carbons (Fsp3) is 0.130. The van der Waals surface area contributed by atoms with Crippen LogP contribution >= 0.6 is 35.4 Å². The number of nitrogens with one attached hydrogen (secondary N) is 1. The van der Waals surface area contributed by atoms with E-state index in [2.05, 4.69) is 5.32 Å². The molecule has 32 heavy (non-hydrogen) atoms. The number of nitrogens with zero attached hydrogens (tertiary/aromatic N) is 1. The summed E-state index contributed by atoms with van der Waals surface area (Å²) in [5.74, 6) is 1.66. The van der Waals surface area contributed by atoms with Crippen molar-refractivity contribution in [2.45, 2.75) is 13.5 Å². The standard InChI is InChI=1S/C23H18Cl2N2O4S/c1-2-29-20-9-4-3-8-19(20)27-22(28)18(26-23(27)32)12-14-10-11-15(31-14)13-30-21-16(24)6-5-7-17(21)25/h3-12H,2,13H2,1H3,(H,26,32)/b18-12+. The molecular formula is C23H18Cl2N2O4S. The van der Waals surface area contributed by atoms with Crippen LogP contribution in [0.1, 0.15) is 18.4 Å². The van der Waals surface area contributed by atoms with Gasteiger partial charge in [-0.05, 0) is 55.5 Å². The Kier molecular flexibility index (Phi) is 6.69. The van der Waals surface area contributed by atoms with Gasteiger partial charge in [0.15, 0.2) is 10.9 Å². The molecule has 164 valence electrons. The molecular weight excluding hydrogens is 471 g/mol. The summed E-state index contributed by atoms with van der Waals surface area (Å²) in [6.07, 6.45) is 1.59. The SMILES string of the molecule is CCOc1ccccc1N1C(=O)/C(=C\c2ccc(COc3c(Cl)cccc3Cl)o2)NC1=S. The second kappa shape index (κ2) is 9.65. The van der Waals surface area contributed by atoms with Crippen LogP contribution < -0.4 is 19.7 Å². The first-order valence-corrected chi connectivity index (χ1v) is 10.9. The zero-order chi connectivity index (χ0) is 22.7. The number of furan rings is 1. The monoisotopic (exact) mass is 488 g/mol. The van der Waals surface area contributed by atoms with Crippen LogP contribution in [0.15, 0.2) is 64.7 Å². The minimum absolute atomic E-state index is 0.125. The highest BCUT2D eigenvalue weighted by atomic mass is 35.5. The van der Waals surface area contributed by atoms with E-state index >= 15 is 0 Å². The van der Waals surface area contributed by atoms with Crippen molar-refractivity contribution in [3.8, 4) is 11.5 Å². The second-order valence-electron chi connectivity index (χ2n) is 6.67. The maximum atomic E-state index is 13.0. The average molecular weight is 489 g/mol. The molecule has 1 N–H and O–H groups in total. The number of anilines is 1. The number of thiocarbonyl (C=S) groups is 1.